The van der Waals surface area contributed by atoms with Crippen molar-refractivity contribution in [1.29, 1.82) is 0 Å². The number of ether oxygens (including phenoxy) is 2. The number of aliphatic hydroxyl groups is 2. The Morgan fingerprint density at radius 1 is 1.29 bits per heavy atom. The number of hydrogen-bond donors (Lipinski definition) is 2. The highest BCUT2D eigenvalue weighted by atomic mass is 79.9. The van der Waals surface area contributed by atoms with E-state index in [4.69, 9.17) is 9.47 Å². The van der Waals surface area contributed by atoms with Crippen molar-refractivity contribution in [3.05, 3.63) is 28.2 Å². The summed E-state index contributed by atoms with van der Waals surface area (Å²) in [6.07, 6.45) is -1.30. The molecule has 0 aliphatic rings. The van der Waals surface area contributed by atoms with E-state index in [0.29, 0.717) is 11.3 Å². The highest BCUT2D eigenvalue weighted by Crippen LogP contribution is 2.28. The average Bonchev–Trinajstić information content (AvgIpc) is 2.27. The molecule has 0 aliphatic heterocycles. The quantitative estimate of drug-likeness (QED) is 0.842. The molecule has 1 aromatic rings. The van der Waals surface area contributed by atoms with Gasteiger partial charge in [0.2, 0.25) is 0 Å². The van der Waals surface area contributed by atoms with Gasteiger partial charge in [-0.1, -0.05) is 15.9 Å². The van der Waals surface area contributed by atoms with Crippen molar-refractivity contribution < 1.29 is 19.7 Å². The van der Waals surface area contributed by atoms with E-state index in [0.717, 1.165) is 4.47 Å². The monoisotopic (exact) mass is 304 g/mol. The molecule has 0 saturated carbocycles. The van der Waals surface area contributed by atoms with Gasteiger partial charge in [-0.2, -0.15) is 0 Å². The number of hydrogen-bond acceptors (Lipinski definition) is 4. The molecule has 0 saturated heterocycles. The summed E-state index contributed by atoms with van der Waals surface area (Å²) in [6.45, 7) is 2.02. The van der Waals surface area contributed by atoms with Crippen LogP contribution in [-0.2, 0) is 4.74 Å². The van der Waals surface area contributed by atoms with Crippen LogP contribution >= 0.6 is 15.9 Å². The molecule has 0 radical (unpaired) electrons. The van der Waals surface area contributed by atoms with E-state index in [-0.39, 0.29) is 13.2 Å². The maximum absolute atomic E-state index is 9.61. The maximum Gasteiger partial charge on any atom is 0.125 e. The number of aliphatic hydroxyl groups excluding tert-OH is 2. The summed E-state index contributed by atoms with van der Waals surface area (Å²) in [5.41, 5.74) is 0.684. The lowest BCUT2D eigenvalue weighted by atomic mass is 10.1. The number of methoxy groups -OCH3 is 1. The van der Waals surface area contributed by atoms with Gasteiger partial charge < -0.3 is 19.7 Å². The van der Waals surface area contributed by atoms with Gasteiger partial charge in [0.25, 0.3) is 0 Å². The zero-order chi connectivity index (χ0) is 12.8. The van der Waals surface area contributed by atoms with Crippen LogP contribution in [0.4, 0.5) is 0 Å². The molecule has 0 aliphatic carbocycles. The largest absolute Gasteiger partial charge is 0.490 e. The Balaban J connectivity index is 2.70. The molecule has 1 aromatic carbocycles. The Labute approximate surface area is 109 Å². The molecule has 2 atom stereocenters. The molecule has 5 heteroatoms. The Hall–Kier alpha value is -0.620. The second-order valence-electron chi connectivity index (χ2n) is 3.78. The van der Waals surface area contributed by atoms with Crippen molar-refractivity contribution >= 4 is 15.9 Å². The fourth-order valence-corrected chi connectivity index (χ4v) is 1.78. The lowest BCUT2D eigenvalue weighted by Gasteiger charge is -2.16. The summed E-state index contributed by atoms with van der Waals surface area (Å²) < 4.78 is 11.1. The minimum Gasteiger partial charge on any atom is -0.490 e. The van der Waals surface area contributed by atoms with E-state index in [1.165, 1.54) is 7.11 Å². The minimum atomic E-state index is -0.675. The molecule has 2 unspecified atom stereocenters. The molecular weight excluding hydrogens is 288 g/mol. The van der Waals surface area contributed by atoms with Gasteiger partial charge in [0.15, 0.2) is 0 Å². The molecule has 17 heavy (non-hydrogen) atoms. The molecule has 0 aromatic heterocycles. The van der Waals surface area contributed by atoms with Crippen molar-refractivity contribution in [2.45, 2.75) is 19.1 Å². The molecule has 1 rings (SSSR count). The standard InChI is InChI=1S/C12H17BrO4/c1-8(14)11-5-9(13)3-4-12(11)17-7-10(15)6-16-2/h3-5,8,10,14-15H,6-7H2,1-2H3. The first-order chi connectivity index (χ1) is 8.04. The molecule has 4 nitrogen and oxygen atoms in total. The van der Waals surface area contributed by atoms with Crippen molar-refractivity contribution in [3.63, 3.8) is 0 Å². The first-order valence-corrected chi connectivity index (χ1v) is 6.11. The lowest BCUT2D eigenvalue weighted by molar-refractivity contribution is 0.0316. The summed E-state index contributed by atoms with van der Waals surface area (Å²) >= 11 is 3.33. The zero-order valence-corrected chi connectivity index (χ0v) is 11.5. The minimum absolute atomic E-state index is 0.134. The fourth-order valence-electron chi connectivity index (χ4n) is 1.40. The highest BCUT2D eigenvalue weighted by Gasteiger charge is 2.11. The summed E-state index contributed by atoms with van der Waals surface area (Å²) in [7, 11) is 1.52. The number of halogens is 1. The predicted octanol–water partition coefficient (Wildman–Crippen LogP) is 1.89. The normalized spacial score (nSPS) is 14.4. The van der Waals surface area contributed by atoms with Crippen LogP contribution in [0.1, 0.15) is 18.6 Å². The first-order valence-electron chi connectivity index (χ1n) is 5.32. The lowest BCUT2D eigenvalue weighted by Crippen LogP contribution is -2.23. The van der Waals surface area contributed by atoms with E-state index in [1.54, 1.807) is 19.1 Å². The van der Waals surface area contributed by atoms with Crippen LogP contribution in [0.2, 0.25) is 0 Å². The average molecular weight is 305 g/mol. The van der Waals surface area contributed by atoms with Gasteiger partial charge in [-0.15, -0.1) is 0 Å². The maximum atomic E-state index is 9.61. The Morgan fingerprint density at radius 3 is 2.59 bits per heavy atom. The SMILES string of the molecule is COCC(O)COc1ccc(Br)cc1C(C)O. The van der Waals surface area contributed by atoms with Crippen molar-refractivity contribution in [1.82, 2.24) is 0 Å². The van der Waals surface area contributed by atoms with E-state index in [9.17, 15) is 10.2 Å². The number of rotatable bonds is 6. The highest BCUT2D eigenvalue weighted by molar-refractivity contribution is 9.10. The topological polar surface area (TPSA) is 58.9 Å². The summed E-state index contributed by atoms with van der Waals surface area (Å²) in [5.74, 6) is 0.568. The molecule has 0 amide bonds. The van der Waals surface area contributed by atoms with Crippen molar-refractivity contribution in [3.8, 4) is 5.75 Å². The van der Waals surface area contributed by atoms with Crippen LogP contribution in [0.5, 0.6) is 5.75 Å². The van der Waals surface area contributed by atoms with Gasteiger partial charge >= 0.3 is 0 Å². The third-order valence-electron chi connectivity index (χ3n) is 2.21. The summed E-state index contributed by atoms with van der Waals surface area (Å²) in [4.78, 5) is 0. The van der Waals surface area contributed by atoms with E-state index in [2.05, 4.69) is 15.9 Å². The second-order valence-corrected chi connectivity index (χ2v) is 4.69. The molecule has 0 fully saturated rings. The first kappa shape index (κ1) is 14.4. The van der Waals surface area contributed by atoms with Crippen molar-refractivity contribution in [2.24, 2.45) is 0 Å². The van der Waals surface area contributed by atoms with Gasteiger partial charge in [-0.25, -0.2) is 0 Å². The van der Waals surface area contributed by atoms with Gasteiger partial charge in [-0.05, 0) is 25.1 Å². The molecule has 0 bridgehead atoms. The smallest absolute Gasteiger partial charge is 0.125 e. The Morgan fingerprint density at radius 2 is 2.00 bits per heavy atom. The van der Waals surface area contributed by atoms with E-state index in [1.807, 2.05) is 6.07 Å². The second kappa shape index (κ2) is 6.96. The number of benzene rings is 1. The van der Waals surface area contributed by atoms with E-state index >= 15 is 0 Å². The van der Waals surface area contributed by atoms with Crippen LogP contribution in [0.3, 0.4) is 0 Å². The van der Waals surface area contributed by atoms with Gasteiger partial charge in [-0.3, -0.25) is 0 Å². The summed E-state index contributed by atoms with van der Waals surface area (Å²) in [5, 5.41) is 19.1. The third-order valence-corrected chi connectivity index (χ3v) is 2.71. The van der Waals surface area contributed by atoms with Crippen LogP contribution < -0.4 is 4.74 Å². The van der Waals surface area contributed by atoms with Crippen molar-refractivity contribution in [2.75, 3.05) is 20.3 Å². The van der Waals surface area contributed by atoms with Crippen LogP contribution in [0.15, 0.2) is 22.7 Å². The fraction of sp³-hybridized carbons (Fsp3) is 0.500. The molecule has 2 N–H and O–H groups in total. The third kappa shape index (κ3) is 4.63. The molecule has 0 spiro atoms. The summed E-state index contributed by atoms with van der Waals surface area (Å²) in [6, 6.07) is 5.37. The Kier molecular flexibility index (Phi) is 5.91. The molecule has 0 heterocycles. The van der Waals surface area contributed by atoms with Crippen LogP contribution in [0, 0.1) is 0 Å². The predicted molar refractivity (Wildman–Crippen MR) is 68.2 cm³/mol. The van der Waals surface area contributed by atoms with E-state index < -0.39 is 12.2 Å². The van der Waals surface area contributed by atoms with Gasteiger partial charge in [0.1, 0.15) is 18.5 Å². The molecular formula is C12H17BrO4. The van der Waals surface area contributed by atoms with Crippen LogP contribution in [0.25, 0.3) is 0 Å². The molecule has 96 valence electrons. The Bertz CT molecular complexity index is 354. The van der Waals surface area contributed by atoms with Gasteiger partial charge in [0.05, 0.1) is 12.7 Å². The zero-order valence-electron chi connectivity index (χ0n) is 9.89. The van der Waals surface area contributed by atoms with Gasteiger partial charge in [0, 0.05) is 17.1 Å². The van der Waals surface area contributed by atoms with Crippen LogP contribution in [-0.4, -0.2) is 36.6 Å².